The molecule has 1 saturated heterocycles. The zero-order valence-electron chi connectivity index (χ0n) is 12.1. The van der Waals surface area contributed by atoms with Gasteiger partial charge in [0.1, 0.15) is 11.9 Å². The lowest BCUT2D eigenvalue weighted by molar-refractivity contribution is -0.136. The third kappa shape index (κ3) is 3.18. The minimum Gasteiger partial charge on any atom is -0.331 e. The summed E-state index contributed by atoms with van der Waals surface area (Å²) in [5, 5.41) is -0.0301. The van der Waals surface area contributed by atoms with Gasteiger partial charge in [-0.1, -0.05) is 18.5 Å². The highest BCUT2D eigenvalue weighted by atomic mass is 35.5. The van der Waals surface area contributed by atoms with Crippen molar-refractivity contribution in [2.24, 2.45) is 0 Å². The van der Waals surface area contributed by atoms with Crippen LogP contribution in [0.2, 0.25) is 5.02 Å². The number of benzene rings is 1. The molecule has 1 unspecified atom stereocenters. The molecule has 1 aromatic rings. The summed E-state index contributed by atoms with van der Waals surface area (Å²) in [6, 6.07) is 3.66. The van der Waals surface area contributed by atoms with Crippen LogP contribution in [-0.2, 0) is 9.59 Å². The van der Waals surface area contributed by atoms with Crippen LogP contribution in [-0.4, -0.2) is 36.3 Å². The maximum absolute atomic E-state index is 13.2. The van der Waals surface area contributed by atoms with E-state index in [0.29, 0.717) is 25.1 Å². The Morgan fingerprint density at radius 2 is 2.24 bits per heavy atom. The second-order valence-corrected chi connectivity index (χ2v) is 5.52. The van der Waals surface area contributed by atoms with Crippen LogP contribution < -0.4 is 4.90 Å². The number of amides is 2. The van der Waals surface area contributed by atoms with Crippen LogP contribution in [0.3, 0.4) is 0 Å². The lowest BCUT2D eigenvalue weighted by Gasteiger charge is -2.30. The SMILES string of the molecule is CCC(C(=O)N(C)c1ccc(F)c(Cl)c1)N1CCCC1=O. The molecule has 1 aromatic carbocycles. The topological polar surface area (TPSA) is 40.6 Å². The van der Waals surface area contributed by atoms with Gasteiger partial charge in [-0.2, -0.15) is 0 Å². The first-order chi connectivity index (χ1) is 9.95. The van der Waals surface area contributed by atoms with Gasteiger partial charge in [0.2, 0.25) is 11.8 Å². The van der Waals surface area contributed by atoms with E-state index < -0.39 is 11.9 Å². The molecule has 0 bridgehead atoms. The van der Waals surface area contributed by atoms with E-state index in [1.54, 1.807) is 11.9 Å². The van der Waals surface area contributed by atoms with Crippen molar-refractivity contribution < 1.29 is 14.0 Å². The molecule has 0 aromatic heterocycles. The molecule has 1 fully saturated rings. The second kappa shape index (κ2) is 6.43. The smallest absolute Gasteiger partial charge is 0.249 e. The monoisotopic (exact) mass is 312 g/mol. The van der Waals surface area contributed by atoms with Crippen LogP contribution in [0.4, 0.5) is 10.1 Å². The fourth-order valence-electron chi connectivity index (χ4n) is 2.57. The Balaban J connectivity index is 2.20. The zero-order chi connectivity index (χ0) is 15.6. The van der Waals surface area contributed by atoms with Gasteiger partial charge in [-0.3, -0.25) is 9.59 Å². The highest BCUT2D eigenvalue weighted by Gasteiger charge is 2.33. The standard InChI is InChI=1S/C15H18ClFN2O2/c1-3-13(19-8-4-5-14(19)20)15(21)18(2)10-6-7-12(17)11(16)9-10/h6-7,9,13H,3-5,8H2,1-2H3. The average molecular weight is 313 g/mol. The Hall–Kier alpha value is -1.62. The summed E-state index contributed by atoms with van der Waals surface area (Å²) in [4.78, 5) is 27.5. The number of likely N-dealkylation sites (N-methyl/N-ethyl adjacent to an activating group) is 1. The molecule has 1 atom stereocenters. The Bertz CT molecular complexity index is 565. The Kier molecular flexibility index (Phi) is 4.83. The van der Waals surface area contributed by atoms with Crippen molar-refractivity contribution in [1.82, 2.24) is 4.90 Å². The lowest BCUT2D eigenvalue weighted by Crippen LogP contribution is -2.47. The molecule has 114 valence electrons. The molecule has 0 aliphatic carbocycles. The van der Waals surface area contributed by atoms with Crippen LogP contribution in [0.15, 0.2) is 18.2 Å². The molecule has 0 saturated carbocycles. The zero-order valence-corrected chi connectivity index (χ0v) is 12.9. The molecule has 0 radical (unpaired) electrons. The van der Waals surface area contributed by atoms with E-state index in [4.69, 9.17) is 11.6 Å². The van der Waals surface area contributed by atoms with Crippen LogP contribution in [0.5, 0.6) is 0 Å². The molecule has 6 heteroatoms. The van der Waals surface area contributed by atoms with Crippen LogP contribution >= 0.6 is 11.6 Å². The number of nitrogens with zero attached hydrogens (tertiary/aromatic N) is 2. The molecule has 1 aliphatic rings. The summed E-state index contributed by atoms with van der Waals surface area (Å²) in [5.41, 5.74) is 0.511. The fourth-order valence-corrected chi connectivity index (χ4v) is 2.75. The predicted octanol–water partition coefficient (Wildman–Crippen LogP) is 2.84. The van der Waals surface area contributed by atoms with Crippen molar-refractivity contribution in [3.05, 3.63) is 29.0 Å². The van der Waals surface area contributed by atoms with Gasteiger partial charge < -0.3 is 9.80 Å². The predicted molar refractivity (Wildman–Crippen MR) is 79.8 cm³/mol. The highest BCUT2D eigenvalue weighted by molar-refractivity contribution is 6.31. The summed E-state index contributed by atoms with van der Waals surface area (Å²) in [7, 11) is 1.61. The van der Waals surface area contributed by atoms with Crippen molar-refractivity contribution >= 4 is 29.1 Å². The first-order valence-corrected chi connectivity index (χ1v) is 7.35. The van der Waals surface area contributed by atoms with E-state index in [1.807, 2.05) is 6.92 Å². The average Bonchev–Trinajstić information content (AvgIpc) is 2.88. The molecular weight excluding hydrogens is 295 g/mol. The molecular formula is C15H18ClFN2O2. The van der Waals surface area contributed by atoms with Crippen molar-refractivity contribution in [1.29, 1.82) is 0 Å². The third-order valence-electron chi connectivity index (χ3n) is 3.78. The number of carbonyl (C=O) groups excluding carboxylic acids is 2. The maximum atomic E-state index is 13.2. The quantitative estimate of drug-likeness (QED) is 0.858. The first kappa shape index (κ1) is 15.8. The van der Waals surface area contributed by atoms with Gasteiger partial charge >= 0.3 is 0 Å². The summed E-state index contributed by atoms with van der Waals surface area (Å²) in [6.45, 7) is 2.49. The molecule has 0 spiro atoms. The van der Waals surface area contributed by atoms with Gasteiger partial charge in [-0.25, -0.2) is 4.39 Å². The summed E-state index contributed by atoms with van der Waals surface area (Å²) in [5.74, 6) is -0.695. The van der Waals surface area contributed by atoms with E-state index in [2.05, 4.69) is 0 Å². The van der Waals surface area contributed by atoms with Crippen LogP contribution in [0.1, 0.15) is 26.2 Å². The lowest BCUT2D eigenvalue weighted by atomic mass is 10.1. The Labute approximate surface area is 128 Å². The molecule has 0 N–H and O–H groups in total. The van der Waals surface area contributed by atoms with Gasteiger partial charge in [0, 0.05) is 25.7 Å². The number of rotatable bonds is 4. The van der Waals surface area contributed by atoms with Crippen molar-refractivity contribution in [2.75, 3.05) is 18.5 Å². The third-order valence-corrected chi connectivity index (χ3v) is 4.07. The molecule has 4 nitrogen and oxygen atoms in total. The van der Waals surface area contributed by atoms with Gasteiger partial charge in [0.05, 0.1) is 5.02 Å². The van der Waals surface area contributed by atoms with Gasteiger partial charge in [0.25, 0.3) is 0 Å². The van der Waals surface area contributed by atoms with E-state index in [-0.39, 0.29) is 16.8 Å². The number of hydrogen-bond acceptors (Lipinski definition) is 2. The van der Waals surface area contributed by atoms with Crippen molar-refractivity contribution in [3.63, 3.8) is 0 Å². The number of likely N-dealkylation sites (tertiary alicyclic amines) is 1. The number of halogens is 2. The fraction of sp³-hybridized carbons (Fsp3) is 0.467. The van der Waals surface area contributed by atoms with Gasteiger partial charge in [-0.15, -0.1) is 0 Å². The van der Waals surface area contributed by atoms with Crippen molar-refractivity contribution in [3.8, 4) is 0 Å². The van der Waals surface area contributed by atoms with E-state index in [0.717, 1.165) is 6.42 Å². The van der Waals surface area contributed by atoms with Crippen LogP contribution in [0.25, 0.3) is 0 Å². The summed E-state index contributed by atoms with van der Waals surface area (Å²) >= 11 is 5.75. The van der Waals surface area contributed by atoms with Crippen LogP contribution in [0, 0.1) is 5.82 Å². The van der Waals surface area contributed by atoms with Gasteiger partial charge in [-0.05, 0) is 31.0 Å². The highest BCUT2D eigenvalue weighted by Crippen LogP contribution is 2.24. The van der Waals surface area contributed by atoms with E-state index in [1.165, 1.54) is 23.1 Å². The molecule has 1 aliphatic heterocycles. The number of carbonyl (C=O) groups is 2. The first-order valence-electron chi connectivity index (χ1n) is 6.97. The molecule has 21 heavy (non-hydrogen) atoms. The molecule has 1 heterocycles. The van der Waals surface area contributed by atoms with Gasteiger partial charge in [0.15, 0.2) is 0 Å². The summed E-state index contributed by atoms with van der Waals surface area (Å²) in [6.07, 6.45) is 1.83. The summed E-state index contributed by atoms with van der Waals surface area (Å²) < 4.78 is 13.2. The normalized spacial score (nSPS) is 16.2. The minimum absolute atomic E-state index is 0.0146. The maximum Gasteiger partial charge on any atom is 0.249 e. The van der Waals surface area contributed by atoms with E-state index >= 15 is 0 Å². The minimum atomic E-state index is -0.525. The Morgan fingerprint density at radius 3 is 2.76 bits per heavy atom. The Morgan fingerprint density at radius 1 is 1.52 bits per heavy atom. The second-order valence-electron chi connectivity index (χ2n) is 5.11. The molecule has 2 amide bonds. The largest absolute Gasteiger partial charge is 0.331 e. The number of anilines is 1. The van der Waals surface area contributed by atoms with E-state index in [9.17, 15) is 14.0 Å². The number of hydrogen-bond donors (Lipinski definition) is 0. The van der Waals surface area contributed by atoms with Crippen molar-refractivity contribution in [2.45, 2.75) is 32.2 Å². The molecule has 2 rings (SSSR count).